The van der Waals surface area contributed by atoms with Crippen molar-refractivity contribution in [3.05, 3.63) is 34.6 Å². The quantitative estimate of drug-likeness (QED) is 0.550. The van der Waals surface area contributed by atoms with Crippen LogP contribution in [0.1, 0.15) is 28.4 Å². The van der Waals surface area contributed by atoms with E-state index in [-0.39, 0.29) is 6.07 Å². The monoisotopic (exact) mass is 231 g/mol. The number of halogens is 4. The number of hydrogen-bond donors (Lipinski definition) is 0. The molecule has 0 saturated heterocycles. The molecule has 0 aliphatic heterocycles. The highest BCUT2D eigenvalue weighted by Gasteiger charge is 2.35. The fraction of sp³-hybridized carbons (Fsp3) is 0.200. The predicted molar refractivity (Wildman–Crippen MR) is 46.1 cm³/mol. The molecule has 1 aromatic carbocycles. The third-order valence-electron chi connectivity index (χ3n) is 1.91. The Bertz CT molecular complexity index is 485. The first-order chi connectivity index (χ1) is 7.27. The SMILES string of the molecule is CC(=O)c1cc(C#N)c(C(F)(F)F)cc1F. The summed E-state index contributed by atoms with van der Waals surface area (Å²) in [6, 6.07) is 2.06. The van der Waals surface area contributed by atoms with Gasteiger partial charge in [-0.3, -0.25) is 4.79 Å². The van der Waals surface area contributed by atoms with Crippen molar-refractivity contribution in [3.8, 4) is 6.07 Å². The molecule has 16 heavy (non-hydrogen) atoms. The zero-order chi connectivity index (χ0) is 12.5. The normalized spacial score (nSPS) is 11.0. The van der Waals surface area contributed by atoms with Gasteiger partial charge in [0.2, 0.25) is 0 Å². The van der Waals surface area contributed by atoms with Gasteiger partial charge in [0.25, 0.3) is 0 Å². The zero-order valence-corrected chi connectivity index (χ0v) is 8.02. The second-order valence-corrected chi connectivity index (χ2v) is 3.04. The number of carbonyl (C=O) groups is 1. The fourth-order valence-corrected chi connectivity index (χ4v) is 1.17. The molecule has 1 aromatic rings. The van der Waals surface area contributed by atoms with E-state index in [2.05, 4.69) is 0 Å². The Labute approximate surface area is 88.1 Å². The van der Waals surface area contributed by atoms with Gasteiger partial charge < -0.3 is 0 Å². The molecular weight excluding hydrogens is 226 g/mol. The summed E-state index contributed by atoms with van der Waals surface area (Å²) in [7, 11) is 0. The van der Waals surface area contributed by atoms with Crippen molar-refractivity contribution < 1.29 is 22.4 Å². The van der Waals surface area contributed by atoms with Crippen molar-refractivity contribution in [2.45, 2.75) is 13.1 Å². The predicted octanol–water partition coefficient (Wildman–Crippen LogP) is 2.92. The van der Waals surface area contributed by atoms with Gasteiger partial charge in [0, 0.05) is 0 Å². The molecule has 0 amide bonds. The number of nitrogens with zero attached hydrogens (tertiary/aromatic N) is 1. The van der Waals surface area contributed by atoms with E-state index in [1.54, 1.807) is 0 Å². The number of carbonyl (C=O) groups excluding carboxylic acids is 1. The van der Waals surface area contributed by atoms with Gasteiger partial charge in [-0.05, 0) is 19.1 Å². The average molecular weight is 231 g/mol. The Morgan fingerprint density at radius 1 is 1.38 bits per heavy atom. The summed E-state index contributed by atoms with van der Waals surface area (Å²) in [5.41, 5.74) is -2.67. The smallest absolute Gasteiger partial charge is 0.294 e. The van der Waals surface area contributed by atoms with E-state index in [9.17, 15) is 22.4 Å². The number of benzene rings is 1. The Kier molecular flexibility index (Phi) is 2.99. The van der Waals surface area contributed by atoms with Gasteiger partial charge >= 0.3 is 6.18 Å². The van der Waals surface area contributed by atoms with Gasteiger partial charge in [-0.1, -0.05) is 0 Å². The molecule has 0 aliphatic rings. The lowest BCUT2D eigenvalue weighted by Crippen LogP contribution is -2.10. The van der Waals surface area contributed by atoms with Crippen LogP contribution < -0.4 is 0 Å². The van der Waals surface area contributed by atoms with Crippen LogP contribution in [0.4, 0.5) is 17.6 Å². The lowest BCUT2D eigenvalue weighted by Gasteiger charge is -2.10. The molecule has 0 aliphatic carbocycles. The number of ketones is 1. The fourth-order valence-electron chi connectivity index (χ4n) is 1.17. The number of Topliss-reactive ketones (excluding diaryl/α,β-unsaturated/α-hetero) is 1. The third-order valence-corrected chi connectivity index (χ3v) is 1.91. The minimum Gasteiger partial charge on any atom is -0.294 e. The van der Waals surface area contributed by atoms with Gasteiger partial charge in [0.15, 0.2) is 5.78 Å². The molecule has 0 aromatic heterocycles. The van der Waals surface area contributed by atoms with E-state index in [1.807, 2.05) is 0 Å². The van der Waals surface area contributed by atoms with Crippen LogP contribution >= 0.6 is 0 Å². The van der Waals surface area contributed by atoms with E-state index < -0.39 is 34.5 Å². The summed E-state index contributed by atoms with van der Waals surface area (Å²) < 4.78 is 50.2. The summed E-state index contributed by atoms with van der Waals surface area (Å²) in [5.74, 6) is -2.01. The molecule has 0 radical (unpaired) electrons. The molecule has 0 saturated carbocycles. The van der Waals surface area contributed by atoms with Crippen molar-refractivity contribution in [3.63, 3.8) is 0 Å². The molecule has 1 rings (SSSR count). The molecular formula is C10H5F4NO. The molecule has 0 heterocycles. The van der Waals surface area contributed by atoms with Crippen LogP contribution in [0, 0.1) is 17.1 Å². The van der Waals surface area contributed by atoms with Crippen LogP contribution in [0.2, 0.25) is 0 Å². The van der Waals surface area contributed by atoms with Gasteiger partial charge in [-0.15, -0.1) is 0 Å². The van der Waals surface area contributed by atoms with Crippen molar-refractivity contribution in [1.82, 2.24) is 0 Å². The second kappa shape index (κ2) is 3.93. The lowest BCUT2D eigenvalue weighted by atomic mass is 10.0. The molecule has 0 fully saturated rings. The van der Waals surface area contributed by atoms with Crippen LogP contribution in [-0.4, -0.2) is 5.78 Å². The number of nitriles is 1. The van der Waals surface area contributed by atoms with Crippen LogP contribution in [-0.2, 0) is 6.18 Å². The maximum Gasteiger partial charge on any atom is 0.417 e. The Morgan fingerprint density at radius 2 is 1.94 bits per heavy atom. The van der Waals surface area contributed by atoms with E-state index >= 15 is 0 Å². The van der Waals surface area contributed by atoms with Crippen LogP contribution in [0.5, 0.6) is 0 Å². The highest BCUT2D eigenvalue weighted by Crippen LogP contribution is 2.33. The molecule has 0 spiro atoms. The molecule has 0 atom stereocenters. The van der Waals surface area contributed by atoms with Crippen LogP contribution in [0.3, 0.4) is 0 Å². The van der Waals surface area contributed by atoms with Gasteiger partial charge in [-0.2, -0.15) is 18.4 Å². The van der Waals surface area contributed by atoms with E-state index in [4.69, 9.17) is 5.26 Å². The topological polar surface area (TPSA) is 40.9 Å². The van der Waals surface area contributed by atoms with E-state index in [1.165, 1.54) is 6.07 Å². The average Bonchev–Trinajstić information content (AvgIpc) is 2.15. The summed E-state index contributed by atoms with van der Waals surface area (Å²) >= 11 is 0. The first kappa shape index (κ1) is 12.2. The summed E-state index contributed by atoms with van der Waals surface area (Å²) in [5, 5.41) is 8.50. The van der Waals surface area contributed by atoms with Gasteiger partial charge in [0.1, 0.15) is 5.82 Å². The van der Waals surface area contributed by atoms with Crippen LogP contribution in [0.25, 0.3) is 0 Å². The number of rotatable bonds is 1. The third kappa shape index (κ3) is 2.19. The molecule has 0 N–H and O–H groups in total. The standard InChI is InChI=1S/C10H5F4NO/c1-5(16)7-2-6(4-15)8(3-9(7)11)10(12,13)14/h2-3H,1H3. The lowest BCUT2D eigenvalue weighted by molar-refractivity contribution is -0.138. The van der Waals surface area contributed by atoms with Crippen LogP contribution in [0.15, 0.2) is 12.1 Å². The van der Waals surface area contributed by atoms with Crippen molar-refractivity contribution in [2.24, 2.45) is 0 Å². The van der Waals surface area contributed by atoms with Crippen molar-refractivity contribution >= 4 is 5.78 Å². The van der Waals surface area contributed by atoms with Crippen molar-refractivity contribution in [1.29, 1.82) is 5.26 Å². The van der Waals surface area contributed by atoms with Crippen molar-refractivity contribution in [2.75, 3.05) is 0 Å². The minimum atomic E-state index is -4.82. The summed E-state index contributed by atoms with van der Waals surface area (Å²) in [6.07, 6.45) is -4.82. The number of alkyl halides is 3. The second-order valence-electron chi connectivity index (χ2n) is 3.04. The highest BCUT2D eigenvalue weighted by atomic mass is 19.4. The molecule has 84 valence electrons. The maximum atomic E-state index is 13.1. The Balaban J connectivity index is 3.52. The summed E-state index contributed by atoms with van der Waals surface area (Å²) in [4.78, 5) is 10.9. The molecule has 6 heteroatoms. The van der Waals surface area contributed by atoms with Gasteiger partial charge in [-0.25, -0.2) is 4.39 Å². The summed E-state index contributed by atoms with van der Waals surface area (Å²) in [6.45, 7) is 1.01. The first-order valence-corrected chi connectivity index (χ1v) is 4.09. The Hall–Kier alpha value is -1.90. The van der Waals surface area contributed by atoms with E-state index in [0.717, 1.165) is 6.92 Å². The maximum absolute atomic E-state index is 13.1. The first-order valence-electron chi connectivity index (χ1n) is 4.09. The van der Waals surface area contributed by atoms with Gasteiger partial charge in [0.05, 0.1) is 22.8 Å². The zero-order valence-electron chi connectivity index (χ0n) is 8.02. The highest BCUT2D eigenvalue weighted by molar-refractivity contribution is 5.94. The molecule has 0 unspecified atom stereocenters. The van der Waals surface area contributed by atoms with E-state index in [0.29, 0.717) is 6.07 Å². The number of hydrogen-bond acceptors (Lipinski definition) is 2. The minimum absolute atomic E-state index is 0.162. The largest absolute Gasteiger partial charge is 0.417 e. The Morgan fingerprint density at radius 3 is 2.31 bits per heavy atom. The molecule has 0 bridgehead atoms. The molecule has 2 nitrogen and oxygen atoms in total.